The van der Waals surface area contributed by atoms with Gasteiger partial charge in [0.1, 0.15) is 0 Å². The summed E-state index contributed by atoms with van der Waals surface area (Å²) in [4.78, 5) is 2.11. The van der Waals surface area contributed by atoms with E-state index in [1.165, 1.54) is 0 Å². The van der Waals surface area contributed by atoms with E-state index in [0.717, 1.165) is 25.2 Å². The fraction of sp³-hybridized carbons (Fsp3) is 0.667. The maximum atomic E-state index is 12.5. The largest absolute Gasteiger partial charge is 0.379 e. The smallest absolute Gasteiger partial charge is 0.212 e. The average Bonchev–Trinajstić information content (AvgIpc) is 2.93. The molecule has 2 saturated heterocycles. The van der Waals surface area contributed by atoms with E-state index in [1.54, 1.807) is 12.1 Å². The molecule has 0 aromatic heterocycles. The van der Waals surface area contributed by atoms with Crippen LogP contribution in [0.2, 0.25) is 10.0 Å². The zero-order valence-electron chi connectivity index (χ0n) is 16.5. The number of rotatable bonds is 7. The molecular formula is C18H29Cl4N3O4S. The van der Waals surface area contributed by atoms with Gasteiger partial charge in [-0.1, -0.05) is 29.3 Å². The summed E-state index contributed by atoms with van der Waals surface area (Å²) in [6, 6.07) is 5.41. The molecule has 2 fully saturated rings. The molecule has 0 unspecified atom stereocenters. The zero-order chi connectivity index (χ0) is 20.0. The highest BCUT2D eigenvalue weighted by molar-refractivity contribution is 7.89. The maximum Gasteiger partial charge on any atom is 0.212 e. The minimum absolute atomic E-state index is 0. The zero-order valence-corrected chi connectivity index (χ0v) is 20.5. The first kappa shape index (κ1) is 28.2. The van der Waals surface area contributed by atoms with Crippen molar-refractivity contribution in [3.05, 3.63) is 33.8 Å². The minimum atomic E-state index is -3.38. The van der Waals surface area contributed by atoms with Gasteiger partial charge in [0.15, 0.2) is 0 Å². The van der Waals surface area contributed by atoms with Crippen molar-refractivity contribution in [2.24, 2.45) is 5.92 Å². The van der Waals surface area contributed by atoms with Crippen LogP contribution in [0.15, 0.2) is 18.2 Å². The van der Waals surface area contributed by atoms with Gasteiger partial charge in [-0.3, -0.25) is 4.90 Å². The molecule has 174 valence electrons. The Morgan fingerprint density at radius 2 is 1.87 bits per heavy atom. The van der Waals surface area contributed by atoms with E-state index in [1.807, 2.05) is 6.07 Å². The Morgan fingerprint density at radius 1 is 1.13 bits per heavy atom. The predicted molar refractivity (Wildman–Crippen MR) is 125 cm³/mol. The van der Waals surface area contributed by atoms with Crippen molar-refractivity contribution in [3.63, 3.8) is 0 Å². The summed E-state index contributed by atoms with van der Waals surface area (Å²) in [6.07, 6.45) is -0.258. The Labute approximate surface area is 201 Å². The number of hydrogen-bond acceptors (Lipinski definition) is 6. The Kier molecular flexibility index (Phi) is 12.8. The van der Waals surface area contributed by atoms with E-state index in [0.29, 0.717) is 49.5 Å². The monoisotopic (exact) mass is 523 g/mol. The number of benzene rings is 1. The summed E-state index contributed by atoms with van der Waals surface area (Å²) in [6.45, 7) is 5.58. The van der Waals surface area contributed by atoms with Crippen molar-refractivity contribution in [2.45, 2.75) is 6.10 Å². The standard InChI is InChI=1S/C18H27Cl2N3O4S.2ClH/c19-16-2-1-14(11-17(16)20)18-15(12-21-3-7-27-18)13-22-28(24,25)10-6-23-4-8-26-9-5-23;;/h1-2,11,15,18,21-22H,3-10,12-13H2;2*1H/t15-,18-;;/m0../s1. The normalized spacial score (nSPS) is 23.1. The lowest BCUT2D eigenvalue weighted by molar-refractivity contribution is 0.0321. The summed E-state index contributed by atoms with van der Waals surface area (Å²) < 4.78 is 39.0. The van der Waals surface area contributed by atoms with Gasteiger partial charge in [-0.05, 0) is 17.7 Å². The van der Waals surface area contributed by atoms with Crippen LogP contribution < -0.4 is 10.0 Å². The quantitative estimate of drug-likeness (QED) is 0.570. The molecule has 3 rings (SSSR count). The molecule has 1 aromatic rings. The van der Waals surface area contributed by atoms with Gasteiger partial charge >= 0.3 is 0 Å². The first-order valence-corrected chi connectivity index (χ1v) is 11.9. The molecule has 7 nitrogen and oxygen atoms in total. The second-order valence-electron chi connectivity index (χ2n) is 7.05. The Morgan fingerprint density at radius 3 is 2.57 bits per heavy atom. The molecule has 1 aromatic carbocycles. The Bertz CT molecular complexity index is 751. The first-order valence-electron chi connectivity index (χ1n) is 9.49. The van der Waals surface area contributed by atoms with Gasteiger partial charge in [-0.25, -0.2) is 13.1 Å². The Hall–Kier alpha value is 0.130. The third kappa shape index (κ3) is 8.58. The summed E-state index contributed by atoms with van der Waals surface area (Å²) in [7, 11) is -3.38. The number of nitrogens with zero attached hydrogens (tertiary/aromatic N) is 1. The minimum Gasteiger partial charge on any atom is -0.379 e. The van der Waals surface area contributed by atoms with Crippen LogP contribution in [0, 0.1) is 5.92 Å². The molecule has 2 aliphatic heterocycles. The molecular weight excluding hydrogens is 496 g/mol. The lowest BCUT2D eigenvalue weighted by Gasteiger charge is -2.27. The summed E-state index contributed by atoms with van der Waals surface area (Å²) in [5, 5.41) is 4.25. The molecule has 12 heteroatoms. The van der Waals surface area contributed by atoms with Crippen LogP contribution in [-0.4, -0.2) is 78.2 Å². The second-order valence-corrected chi connectivity index (χ2v) is 9.79. The van der Waals surface area contributed by atoms with E-state index < -0.39 is 10.0 Å². The molecule has 0 saturated carbocycles. The van der Waals surface area contributed by atoms with Crippen molar-refractivity contribution in [3.8, 4) is 0 Å². The lowest BCUT2D eigenvalue weighted by atomic mass is 9.95. The third-order valence-corrected chi connectivity index (χ3v) is 7.09. The number of hydrogen-bond donors (Lipinski definition) is 2. The predicted octanol–water partition coefficient (Wildman–Crippen LogP) is 2.37. The average molecular weight is 525 g/mol. The van der Waals surface area contributed by atoms with Crippen molar-refractivity contribution in [2.75, 3.05) is 64.8 Å². The van der Waals surface area contributed by atoms with E-state index in [-0.39, 0.29) is 42.6 Å². The fourth-order valence-corrected chi connectivity index (χ4v) is 4.82. The van der Waals surface area contributed by atoms with Crippen molar-refractivity contribution in [1.82, 2.24) is 14.9 Å². The SMILES string of the molecule is Cl.Cl.O=S(=O)(CCN1CCOCC1)NC[C@@H]1CNCCO[C@H]1c1ccc(Cl)c(Cl)c1. The molecule has 0 radical (unpaired) electrons. The van der Waals surface area contributed by atoms with Crippen molar-refractivity contribution in [1.29, 1.82) is 0 Å². The molecule has 0 amide bonds. The van der Waals surface area contributed by atoms with Crippen LogP contribution >= 0.6 is 48.0 Å². The number of morpholine rings is 1. The molecule has 2 heterocycles. The van der Waals surface area contributed by atoms with Gasteiger partial charge in [-0.2, -0.15) is 0 Å². The van der Waals surface area contributed by atoms with E-state index >= 15 is 0 Å². The van der Waals surface area contributed by atoms with Gasteiger partial charge in [-0.15, -0.1) is 24.8 Å². The number of halogens is 4. The molecule has 0 aliphatic carbocycles. The van der Waals surface area contributed by atoms with Gasteiger partial charge in [0, 0.05) is 45.2 Å². The molecule has 0 spiro atoms. The van der Waals surface area contributed by atoms with E-state index in [2.05, 4.69) is 14.9 Å². The van der Waals surface area contributed by atoms with Crippen molar-refractivity contribution >= 4 is 58.0 Å². The van der Waals surface area contributed by atoms with Crippen LogP contribution in [0.4, 0.5) is 0 Å². The third-order valence-electron chi connectivity index (χ3n) is 5.03. The summed E-state index contributed by atoms with van der Waals surface area (Å²) >= 11 is 12.2. The molecule has 2 atom stereocenters. The highest BCUT2D eigenvalue weighted by Gasteiger charge is 2.28. The maximum absolute atomic E-state index is 12.5. The van der Waals surface area contributed by atoms with Crippen LogP contribution in [0.25, 0.3) is 0 Å². The second kappa shape index (κ2) is 13.6. The van der Waals surface area contributed by atoms with Gasteiger partial charge in [0.05, 0.1) is 41.7 Å². The van der Waals surface area contributed by atoms with Crippen LogP contribution in [0.3, 0.4) is 0 Å². The highest BCUT2D eigenvalue weighted by atomic mass is 35.5. The van der Waals surface area contributed by atoms with Gasteiger partial charge in [0.25, 0.3) is 0 Å². The van der Waals surface area contributed by atoms with Gasteiger partial charge in [0.2, 0.25) is 10.0 Å². The van der Waals surface area contributed by atoms with E-state index in [9.17, 15) is 8.42 Å². The highest BCUT2D eigenvalue weighted by Crippen LogP contribution is 2.32. The van der Waals surface area contributed by atoms with Gasteiger partial charge < -0.3 is 14.8 Å². The van der Waals surface area contributed by atoms with Crippen LogP contribution in [-0.2, 0) is 19.5 Å². The Balaban J connectivity index is 0.00000225. The summed E-state index contributed by atoms with van der Waals surface area (Å²) in [5.41, 5.74) is 0.899. The fourth-order valence-electron chi connectivity index (χ4n) is 3.41. The molecule has 2 aliphatic rings. The van der Waals surface area contributed by atoms with E-state index in [4.69, 9.17) is 32.7 Å². The molecule has 2 N–H and O–H groups in total. The first-order chi connectivity index (χ1) is 13.4. The number of ether oxygens (including phenoxy) is 2. The molecule has 30 heavy (non-hydrogen) atoms. The van der Waals surface area contributed by atoms with Crippen LogP contribution in [0.1, 0.15) is 11.7 Å². The number of nitrogens with one attached hydrogen (secondary N) is 2. The topological polar surface area (TPSA) is 79.9 Å². The lowest BCUT2D eigenvalue weighted by Crippen LogP contribution is -2.42. The van der Waals surface area contributed by atoms with Crippen molar-refractivity contribution < 1.29 is 17.9 Å². The summed E-state index contributed by atoms with van der Waals surface area (Å²) in [5.74, 6) is 0.0174. The van der Waals surface area contributed by atoms with Crippen LogP contribution in [0.5, 0.6) is 0 Å². The number of sulfonamides is 1. The molecule has 0 bridgehead atoms.